The SMILES string of the molecule is COCCCN(CC(=O)N(Cc1cccn1Cc1ccc(F)cc1)C1CCCCC1)C(=O)c1cccc(C(F)(F)F)c1. The van der Waals surface area contributed by atoms with E-state index >= 15 is 0 Å². The number of nitrogens with zero attached hydrogens (tertiary/aromatic N) is 3. The average Bonchev–Trinajstić information content (AvgIpc) is 3.42. The topological polar surface area (TPSA) is 54.8 Å². The molecule has 1 saturated carbocycles. The van der Waals surface area contributed by atoms with Crippen LogP contribution < -0.4 is 0 Å². The number of amides is 2. The number of carbonyl (C=O) groups excluding carboxylic acids is 2. The van der Waals surface area contributed by atoms with Gasteiger partial charge in [-0.25, -0.2) is 4.39 Å². The zero-order chi connectivity index (χ0) is 30.1. The van der Waals surface area contributed by atoms with Crippen molar-refractivity contribution in [3.05, 3.63) is 95.1 Å². The highest BCUT2D eigenvalue weighted by atomic mass is 19.4. The minimum Gasteiger partial charge on any atom is -0.385 e. The van der Waals surface area contributed by atoms with Gasteiger partial charge < -0.3 is 19.1 Å². The van der Waals surface area contributed by atoms with Crippen LogP contribution in [-0.2, 0) is 28.8 Å². The lowest BCUT2D eigenvalue weighted by Crippen LogP contribution is -2.48. The highest BCUT2D eigenvalue weighted by Gasteiger charge is 2.32. The second kappa shape index (κ2) is 14.5. The Morgan fingerprint density at radius 1 is 1.00 bits per heavy atom. The van der Waals surface area contributed by atoms with Gasteiger partial charge in [0.1, 0.15) is 12.4 Å². The molecule has 0 saturated heterocycles. The minimum atomic E-state index is -4.59. The van der Waals surface area contributed by atoms with Crippen molar-refractivity contribution in [3.63, 3.8) is 0 Å². The Morgan fingerprint density at radius 3 is 2.43 bits per heavy atom. The van der Waals surface area contributed by atoms with Crippen LogP contribution in [0.1, 0.15) is 65.7 Å². The van der Waals surface area contributed by atoms with E-state index < -0.39 is 17.6 Å². The molecule has 4 rings (SSSR count). The van der Waals surface area contributed by atoms with Crippen LogP contribution in [0, 0.1) is 5.82 Å². The largest absolute Gasteiger partial charge is 0.416 e. The molecule has 6 nitrogen and oxygen atoms in total. The minimum absolute atomic E-state index is 0.00935. The molecule has 1 aliphatic rings. The molecule has 1 heterocycles. The molecular weight excluding hydrogens is 550 g/mol. The summed E-state index contributed by atoms with van der Waals surface area (Å²) >= 11 is 0. The van der Waals surface area contributed by atoms with Crippen molar-refractivity contribution in [3.8, 4) is 0 Å². The van der Waals surface area contributed by atoms with Crippen LogP contribution in [0.2, 0.25) is 0 Å². The van der Waals surface area contributed by atoms with E-state index in [2.05, 4.69) is 0 Å². The number of carbonyl (C=O) groups is 2. The smallest absolute Gasteiger partial charge is 0.385 e. The third-order valence-electron chi connectivity index (χ3n) is 7.68. The molecule has 0 radical (unpaired) electrons. The molecule has 10 heteroatoms. The summed E-state index contributed by atoms with van der Waals surface area (Å²) in [7, 11) is 1.52. The Kier molecular flexibility index (Phi) is 10.8. The summed E-state index contributed by atoms with van der Waals surface area (Å²) in [6.07, 6.45) is 2.52. The van der Waals surface area contributed by atoms with Gasteiger partial charge in [0.15, 0.2) is 0 Å². The van der Waals surface area contributed by atoms with E-state index in [0.717, 1.165) is 55.5 Å². The molecule has 2 aromatic carbocycles. The summed E-state index contributed by atoms with van der Waals surface area (Å²) < 4.78 is 60.6. The Bertz CT molecular complexity index is 1320. The van der Waals surface area contributed by atoms with Crippen LogP contribution in [0.4, 0.5) is 17.6 Å². The van der Waals surface area contributed by atoms with Crippen molar-refractivity contribution in [1.82, 2.24) is 14.4 Å². The molecule has 3 aromatic rings. The van der Waals surface area contributed by atoms with Gasteiger partial charge in [-0.3, -0.25) is 9.59 Å². The molecular formula is C32H37F4N3O3. The maximum atomic E-state index is 14.0. The summed E-state index contributed by atoms with van der Waals surface area (Å²) in [5, 5.41) is 0. The standard InChI is InChI=1S/C32H37F4N3O3/c1-42-19-7-18-38(31(41)25-8-5-9-26(20-25)32(34,35)36)23-30(40)39(28-10-3-2-4-11-28)22-29-12-6-17-37(29)21-24-13-15-27(33)16-14-24/h5-6,8-9,12-17,20,28H,2-4,7,10-11,18-19,21-23H2,1H3. The van der Waals surface area contributed by atoms with Crippen LogP contribution in [-0.4, -0.2) is 59.0 Å². The highest BCUT2D eigenvalue weighted by Crippen LogP contribution is 2.30. The Morgan fingerprint density at radius 2 is 1.74 bits per heavy atom. The number of rotatable bonds is 12. The second-order valence-electron chi connectivity index (χ2n) is 10.7. The number of halogens is 4. The molecule has 1 aliphatic carbocycles. The van der Waals surface area contributed by atoms with Gasteiger partial charge in [0.25, 0.3) is 5.91 Å². The van der Waals surface area contributed by atoms with E-state index in [0.29, 0.717) is 26.1 Å². The summed E-state index contributed by atoms with van der Waals surface area (Å²) in [4.78, 5) is 30.6. The molecule has 1 fully saturated rings. The van der Waals surface area contributed by atoms with Crippen molar-refractivity contribution in [2.45, 2.75) is 63.8 Å². The number of methoxy groups -OCH3 is 1. The predicted octanol–water partition coefficient (Wildman–Crippen LogP) is 6.53. The van der Waals surface area contributed by atoms with E-state index in [4.69, 9.17) is 4.74 Å². The first kappa shape index (κ1) is 31.3. The van der Waals surface area contributed by atoms with Gasteiger partial charge in [0, 0.05) is 50.3 Å². The van der Waals surface area contributed by atoms with Gasteiger partial charge in [0.05, 0.1) is 12.1 Å². The van der Waals surface area contributed by atoms with Crippen molar-refractivity contribution in [1.29, 1.82) is 0 Å². The molecule has 0 bridgehead atoms. The fourth-order valence-corrected chi connectivity index (χ4v) is 5.44. The van der Waals surface area contributed by atoms with E-state index in [1.165, 1.54) is 36.3 Å². The van der Waals surface area contributed by atoms with Crippen molar-refractivity contribution in [2.75, 3.05) is 26.8 Å². The van der Waals surface area contributed by atoms with Gasteiger partial charge >= 0.3 is 6.18 Å². The number of hydrogen-bond donors (Lipinski definition) is 0. The summed E-state index contributed by atoms with van der Waals surface area (Å²) in [5.41, 5.74) is 0.781. The molecule has 0 atom stereocenters. The number of aromatic nitrogens is 1. The Labute approximate surface area is 243 Å². The van der Waals surface area contributed by atoms with Crippen LogP contribution >= 0.6 is 0 Å². The van der Waals surface area contributed by atoms with Gasteiger partial charge in [-0.2, -0.15) is 13.2 Å². The van der Waals surface area contributed by atoms with Crippen molar-refractivity contribution in [2.24, 2.45) is 0 Å². The maximum absolute atomic E-state index is 14.0. The normalized spacial score (nSPS) is 14.1. The van der Waals surface area contributed by atoms with Crippen LogP contribution in [0.3, 0.4) is 0 Å². The third kappa shape index (κ3) is 8.44. The van der Waals surface area contributed by atoms with E-state index in [9.17, 15) is 27.2 Å². The first-order chi connectivity index (χ1) is 20.2. The zero-order valence-corrected chi connectivity index (χ0v) is 23.8. The van der Waals surface area contributed by atoms with E-state index in [1.807, 2.05) is 27.8 Å². The van der Waals surface area contributed by atoms with Gasteiger partial charge in [0.2, 0.25) is 5.91 Å². The van der Waals surface area contributed by atoms with Gasteiger partial charge in [-0.05, 0) is 67.3 Å². The maximum Gasteiger partial charge on any atom is 0.416 e. The molecule has 1 aromatic heterocycles. The zero-order valence-electron chi connectivity index (χ0n) is 23.8. The van der Waals surface area contributed by atoms with E-state index in [1.54, 1.807) is 12.1 Å². The summed E-state index contributed by atoms with van der Waals surface area (Å²) in [6, 6.07) is 14.4. The van der Waals surface area contributed by atoms with Crippen molar-refractivity contribution < 1.29 is 31.9 Å². The predicted molar refractivity (Wildman–Crippen MR) is 151 cm³/mol. The molecule has 42 heavy (non-hydrogen) atoms. The Balaban J connectivity index is 1.56. The van der Waals surface area contributed by atoms with Gasteiger partial charge in [-0.1, -0.05) is 37.5 Å². The highest BCUT2D eigenvalue weighted by molar-refractivity contribution is 5.96. The number of alkyl halides is 3. The molecule has 0 aliphatic heterocycles. The lowest BCUT2D eigenvalue weighted by molar-refractivity contribution is -0.138. The first-order valence-electron chi connectivity index (χ1n) is 14.3. The molecule has 0 N–H and O–H groups in total. The van der Waals surface area contributed by atoms with Crippen LogP contribution in [0.15, 0.2) is 66.9 Å². The average molecular weight is 588 g/mol. The quantitative estimate of drug-likeness (QED) is 0.179. The number of ether oxygens (including phenoxy) is 1. The lowest BCUT2D eigenvalue weighted by Gasteiger charge is -2.36. The fraction of sp³-hybridized carbons (Fsp3) is 0.438. The molecule has 0 spiro atoms. The fourth-order valence-electron chi connectivity index (χ4n) is 5.44. The lowest BCUT2D eigenvalue weighted by atomic mass is 9.94. The summed E-state index contributed by atoms with van der Waals surface area (Å²) in [6.45, 7) is 1.07. The van der Waals surface area contributed by atoms with Gasteiger partial charge in [-0.15, -0.1) is 0 Å². The molecule has 2 amide bonds. The number of benzene rings is 2. The van der Waals surface area contributed by atoms with E-state index in [-0.39, 0.29) is 36.4 Å². The van der Waals surface area contributed by atoms with Crippen LogP contribution in [0.5, 0.6) is 0 Å². The summed E-state index contributed by atoms with van der Waals surface area (Å²) in [5.74, 6) is -1.20. The molecule has 226 valence electrons. The molecule has 0 unspecified atom stereocenters. The second-order valence-corrected chi connectivity index (χ2v) is 10.7. The monoisotopic (exact) mass is 587 g/mol. The third-order valence-corrected chi connectivity index (χ3v) is 7.68. The first-order valence-corrected chi connectivity index (χ1v) is 14.3. The van der Waals surface area contributed by atoms with Crippen LogP contribution in [0.25, 0.3) is 0 Å². The number of hydrogen-bond acceptors (Lipinski definition) is 3. The Hall–Kier alpha value is -3.66. The van der Waals surface area contributed by atoms with Crippen molar-refractivity contribution >= 4 is 11.8 Å².